The molecular weight excluding hydrogens is 461 g/mol. The molecule has 1 fully saturated rings. The number of hydrogen-bond acceptors (Lipinski definition) is 2. The van der Waals surface area contributed by atoms with Crippen LogP contribution in [0, 0.1) is 23.4 Å². The molecule has 1 heterocycles. The Morgan fingerprint density at radius 1 is 0.861 bits per heavy atom. The first-order valence-electron chi connectivity index (χ1n) is 12.7. The van der Waals surface area contributed by atoms with E-state index in [1.165, 1.54) is 6.07 Å². The minimum Gasteiger partial charge on any atom is -0.348 e. The van der Waals surface area contributed by atoms with Crippen LogP contribution < -0.4 is 0 Å². The van der Waals surface area contributed by atoms with Crippen molar-refractivity contribution in [3.63, 3.8) is 0 Å². The second kappa shape index (κ2) is 12.4. The van der Waals surface area contributed by atoms with Gasteiger partial charge in [0.15, 0.2) is 17.9 Å². The summed E-state index contributed by atoms with van der Waals surface area (Å²) in [5.41, 5.74) is 2.85. The van der Waals surface area contributed by atoms with Gasteiger partial charge in [0.25, 0.3) is 0 Å². The maximum absolute atomic E-state index is 15.0. The van der Waals surface area contributed by atoms with Gasteiger partial charge in [-0.25, -0.2) is 13.2 Å². The van der Waals surface area contributed by atoms with Gasteiger partial charge in [-0.1, -0.05) is 74.4 Å². The molecule has 1 aliphatic rings. The van der Waals surface area contributed by atoms with Crippen LogP contribution in [0.15, 0.2) is 67.3 Å². The lowest BCUT2D eigenvalue weighted by Gasteiger charge is -2.29. The number of benzene rings is 3. The fourth-order valence-electron chi connectivity index (χ4n) is 4.57. The molecule has 0 atom stereocenters. The highest BCUT2D eigenvalue weighted by atomic mass is 19.2. The maximum atomic E-state index is 15.0. The molecular formula is C31H33F3O2. The smallest absolute Gasteiger partial charge is 0.183 e. The highest BCUT2D eigenvalue weighted by Crippen LogP contribution is 2.33. The Hall–Kier alpha value is -2.89. The summed E-state index contributed by atoms with van der Waals surface area (Å²) >= 11 is 0. The van der Waals surface area contributed by atoms with Crippen molar-refractivity contribution in [1.29, 1.82) is 0 Å². The third-order valence-corrected chi connectivity index (χ3v) is 6.73. The number of rotatable bonds is 10. The zero-order chi connectivity index (χ0) is 25.5. The van der Waals surface area contributed by atoms with Crippen molar-refractivity contribution in [3.05, 3.63) is 95.8 Å². The van der Waals surface area contributed by atoms with Crippen LogP contribution in [-0.2, 0) is 15.9 Å². The summed E-state index contributed by atoms with van der Waals surface area (Å²) in [5.74, 6) is -1.70. The average molecular weight is 495 g/mol. The Bertz CT molecular complexity index is 1170. The lowest BCUT2D eigenvalue weighted by Crippen LogP contribution is -2.27. The summed E-state index contributed by atoms with van der Waals surface area (Å²) in [7, 11) is 0. The average Bonchev–Trinajstić information content (AvgIpc) is 2.90. The molecule has 0 spiro atoms. The molecule has 190 valence electrons. The highest BCUT2D eigenvalue weighted by molar-refractivity contribution is 5.71. The fourth-order valence-corrected chi connectivity index (χ4v) is 4.57. The van der Waals surface area contributed by atoms with Gasteiger partial charge < -0.3 is 9.47 Å². The van der Waals surface area contributed by atoms with Gasteiger partial charge in [-0.05, 0) is 48.4 Å². The molecule has 0 unspecified atom stereocenters. The lowest BCUT2D eigenvalue weighted by atomic mass is 9.97. The minimum atomic E-state index is -0.841. The maximum Gasteiger partial charge on any atom is 0.183 e. The summed E-state index contributed by atoms with van der Waals surface area (Å²) < 4.78 is 56.0. The van der Waals surface area contributed by atoms with Gasteiger partial charge in [0.05, 0.1) is 13.2 Å². The van der Waals surface area contributed by atoms with Crippen LogP contribution in [0.25, 0.3) is 22.3 Å². The van der Waals surface area contributed by atoms with Gasteiger partial charge in [0, 0.05) is 22.6 Å². The largest absolute Gasteiger partial charge is 0.348 e. The SMILES string of the molecule is C=CCCC1COC(c2ccc(-c3ccc(-c4ccc(CCCCC)c(F)c4F)cc3)c(F)c2)OC1. The second-order valence-electron chi connectivity index (χ2n) is 9.40. The molecule has 0 N–H and O–H groups in total. The van der Waals surface area contributed by atoms with Crippen LogP contribution in [0.2, 0.25) is 0 Å². The Morgan fingerprint density at radius 2 is 1.53 bits per heavy atom. The lowest BCUT2D eigenvalue weighted by molar-refractivity contribution is -0.205. The van der Waals surface area contributed by atoms with Gasteiger partial charge in [0.2, 0.25) is 0 Å². The van der Waals surface area contributed by atoms with Crippen LogP contribution in [0.3, 0.4) is 0 Å². The van der Waals surface area contributed by atoms with E-state index in [0.29, 0.717) is 53.4 Å². The number of aryl methyl sites for hydroxylation is 1. The van der Waals surface area contributed by atoms with E-state index < -0.39 is 23.7 Å². The summed E-state index contributed by atoms with van der Waals surface area (Å²) in [6, 6.07) is 15.0. The molecule has 36 heavy (non-hydrogen) atoms. The molecule has 1 aliphatic heterocycles. The van der Waals surface area contributed by atoms with Crippen LogP contribution >= 0.6 is 0 Å². The van der Waals surface area contributed by atoms with E-state index in [9.17, 15) is 8.78 Å². The monoisotopic (exact) mass is 494 g/mol. The topological polar surface area (TPSA) is 18.5 Å². The second-order valence-corrected chi connectivity index (χ2v) is 9.40. The van der Waals surface area contributed by atoms with Gasteiger partial charge >= 0.3 is 0 Å². The first-order valence-corrected chi connectivity index (χ1v) is 12.7. The predicted octanol–water partition coefficient (Wildman–Crippen LogP) is 8.80. The highest BCUT2D eigenvalue weighted by Gasteiger charge is 2.24. The Balaban J connectivity index is 1.46. The van der Waals surface area contributed by atoms with E-state index in [1.54, 1.807) is 48.5 Å². The zero-order valence-corrected chi connectivity index (χ0v) is 20.7. The Kier molecular flexibility index (Phi) is 9.00. The molecule has 3 aromatic rings. The minimum absolute atomic E-state index is 0.201. The number of allylic oxidation sites excluding steroid dienone is 1. The van der Waals surface area contributed by atoms with Crippen molar-refractivity contribution in [1.82, 2.24) is 0 Å². The van der Waals surface area contributed by atoms with Gasteiger partial charge in [-0.15, -0.1) is 6.58 Å². The van der Waals surface area contributed by atoms with Gasteiger partial charge in [-0.2, -0.15) is 0 Å². The van der Waals surface area contributed by atoms with Crippen LogP contribution in [-0.4, -0.2) is 13.2 Å². The van der Waals surface area contributed by atoms with Gasteiger partial charge in [-0.3, -0.25) is 0 Å². The third kappa shape index (κ3) is 6.08. The third-order valence-electron chi connectivity index (χ3n) is 6.73. The molecule has 0 bridgehead atoms. The summed E-state index contributed by atoms with van der Waals surface area (Å²) in [5, 5.41) is 0. The standard InChI is InChI=1S/C31H33F3O2/c1-3-5-7-9-24-14-17-27(30(34)29(24)33)23-12-10-22(11-13-23)26-16-15-25(18-28(26)32)31-35-19-21(20-36-31)8-6-4-2/h4,10-18,21,31H,2-3,5-9,19-20H2,1H3. The van der Waals surface area contributed by atoms with E-state index >= 15 is 4.39 Å². The van der Waals surface area contributed by atoms with Crippen molar-refractivity contribution in [2.24, 2.45) is 5.92 Å². The van der Waals surface area contributed by atoms with Crippen molar-refractivity contribution in [3.8, 4) is 22.3 Å². The molecule has 1 saturated heterocycles. The normalized spacial score (nSPS) is 17.8. The van der Waals surface area contributed by atoms with E-state index in [4.69, 9.17) is 9.47 Å². The van der Waals surface area contributed by atoms with Crippen molar-refractivity contribution in [2.75, 3.05) is 13.2 Å². The van der Waals surface area contributed by atoms with Crippen molar-refractivity contribution in [2.45, 2.75) is 51.7 Å². The Morgan fingerprint density at radius 3 is 2.17 bits per heavy atom. The van der Waals surface area contributed by atoms with E-state index in [-0.39, 0.29) is 5.56 Å². The molecule has 0 saturated carbocycles. The quantitative estimate of drug-likeness (QED) is 0.207. The molecule has 3 aromatic carbocycles. The van der Waals surface area contributed by atoms with Crippen LogP contribution in [0.5, 0.6) is 0 Å². The molecule has 0 aliphatic carbocycles. The van der Waals surface area contributed by atoms with E-state index in [2.05, 4.69) is 13.5 Å². The predicted molar refractivity (Wildman–Crippen MR) is 138 cm³/mol. The Labute approximate surface area is 211 Å². The summed E-state index contributed by atoms with van der Waals surface area (Å²) in [4.78, 5) is 0. The molecule has 0 aromatic heterocycles. The molecule has 4 rings (SSSR count). The molecule has 0 amide bonds. The van der Waals surface area contributed by atoms with Crippen LogP contribution in [0.4, 0.5) is 13.2 Å². The van der Waals surface area contributed by atoms with Crippen LogP contribution in [0.1, 0.15) is 56.4 Å². The number of hydrogen-bond donors (Lipinski definition) is 0. The van der Waals surface area contributed by atoms with Crippen molar-refractivity contribution >= 4 is 0 Å². The van der Waals surface area contributed by atoms with Crippen molar-refractivity contribution < 1.29 is 22.6 Å². The molecule has 0 radical (unpaired) electrons. The van der Waals surface area contributed by atoms with E-state index in [1.807, 2.05) is 6.08 Å². The number of halogens is 3. The first-order chi connectivity index (χ1) is 17.5. The summed E-state index contributed by atoms with van der Waals surface area (Å²) in [6.45, 7) is 6.95. The fraction of sp³-hybridized carbons (Fsp3) is 0.355. The number of ether oxygens (including phenoxy) is 2. The molecule has 5 heteroatoms. The van der Waals surface area contributed by atoms with Gasteiger partial charge in [0.1, 0.15) is 5.82 Å². The first kappa shape index (κ1) is 26.2. The molecule has 2 nitrogen and oxygen atoms in total. The summed E-state index contributed by atoms with van der Waals surface area (Å²) in [6.07, 6.45) is 6.54. The van der Waals surface area contributed by atoms with E-state index in [0.717, 1.165) is 32.1 Å². The zero-order valence-electron chi connectivity index (χ0n) is 20.7. The number of unbranched alkanes of at least 4 members (excludes halogenated alkanes) is 2.